The van der Waals surface area contributed by atoms with Gasteiger partial charge in [0.05, 0.1) is 0 Å². The van der Waals surface area contributed by atoms with E-state index in [0.717, 1.165) is 25.1 Å². The molecule has 0 fully saturated rings. The second-order valence-electron chi connectivity index (χ2n) is 6.70. The van der Waals surface area contributed by atoms with Crippen LogP contribution in [0.2, 0.25) is 0 Å². The fourth-order valence-electron chi connectivity index (χ4n) is 2.72. The Morgan fingerprint density at radius 1 is 0.625 bits per heavy atom. The van der Waals surface area contributed by atoms with E-state index in [9.17, 15) is 4.57 Å². The van der Waals surface area contributed by atoms with Crippen LogP contribution in [0.1, 0.15) is 103 Å². The summed E-state index contributed by atoms with van der Waals surface area (Å²) in [5.74, 6) is 1.02. The molecule has 0 saturated carbocycles. The molecule has 0 rings (SSSR count). The van der Waals surface area contributed by atoms with E-state index in [-0.39, 0.29) is 0 Å². The number of hydrogen-bond acceptors (Lipinski definition) is 1. The number of allylic oxidation sites excluding steroid dienone is 3. The van der Waals surface area contributed by atoms with Crippen molar-refractivity contribution >= 4 is 7.60 Å². The minimum Gasteiger partial charge on any atom is -0.321 e. The van der Waals surface area contributed by atoms with Gasteiger partial charge in [-0.3, -0.25) is 4.57 Å². The summed E-state index contributed by atoms with van der Waals surface area (Å²) >= 11 is 0. The zero-order valence-corrected chi connectivity index (χ0v) is 16.6. The molecule has 0 aliphatic carbocycles. The van der Waals surface area contributed by atoms with Crippen LogP contribution in [0, 0.1) is 0 Å². The molecule has 0 unspecified atom stereocenters. The third kappa shape index (κ3) is 21.6. The van der Waals surface area contributed by atoms with Gasteiger partial charge in [0.25, 0.3) is 0 Å². The van der Waals surface area contributed by atoms with E-state index in [2.05, 4.69) is 19.1 Å². The standard InChI is InChI=1S/C20H39O3P/c1-2-3-4-5-6-7-8-9-10-11-12-13-14-15-16-17-18-19-20-24(21,22)23/h9-10,19-20H,2-8,11-18H2,1H3,(H2,21,22,23). The molecule has 0 amide bonds. The van der Waals surface area contributed by atoms with Gasteiger partial charge in [-0.1, -0.05) is 82.9 Å². The van der Waals surface area contributed by atoms with Crippen molar-refractivity contribution in [2.75, 3.05) is 0 Å². The molecule has 0 heterocycles. The van der Waals surface area contributed by atoms with Crippen LogP contribution in [0.4, 0.5) is 0 Å². The van der Waals surface area contributed by atoms with Crippen LogP contribution >= 0.6 is 7.60 Å². The first-order valence-electron chi connectivity index (χ1n) is 9.94. The predicted molar refractivity (Wildman–Crippen MR) is 105 cm³/mol. The molecule has 24 heavy (non-hydrogen) atoms. The van der Waals surface area contributed by atoms with Gasteiger partial charge in [0.15, 0.2) is 0 Å². The van der Waals surface area contributed by atoms with E-state index >= 15 is 0 Å². The minimum atomic E-state index is -3.94. The summed E-state index contributed by atoms with van der Waals surface area (Å²) in [5, 5.41) is 0. The summed E-state index contributed by atoms with van der Waals surface area (Å²) in [6, 6.07) is 0. The highest BCUT2D eigenvalue weighted by molar-refractivity contribution is 7.55. The Bertz CT molecular complexity index is 358. The van der Waals surface area contributed by atoms with Gasteiger partial charge in [-0.2, -0.15) is 0 Å². The summed E-state index contributed by atoms with van der Waals surface area (Å²) in [7, 11) is -3.94. The van der Waals surface area contributed by atoms with Crippen LogP contribution in [0.15, 0.2) is 24.0 Å². The van der Waals surface area contributed by atoms with E-state index in [1.165, 1.54) is 77.0 Å². The molecule has 142 valence electrons. The molecule has 0 bridgehead atoms. The van der Waals surface area contributed by atoms with Crippen LogP contribution < -0.4 is 0 Å². The molecular formula is C20H39O3P. The molecule has 0 aromatic rings. The van der Waals surface area contributed by atoms with Crippen molar-refractivity contribution in [1.29, 1.82) is 0 Å². The Morgan fingerprint density at radius 3 is 1.42 bits per heavy atom. The highest BCUT2D eigenvalue weighted by atomic mass is 31.2. The topological polar surface area (TPSA) is 57.5 Å². The second kappa shape index (κ2) is 17.5. The molecule has 0 aromatic carbocycles. The number of unbranched alkanes of at least 4 members (excludes halogenated alkanes) is 13. The normalized spacial score (nSPS) is 12.6. The molecule has 0 aromatic heterocycles. The minimum absolute atomic E-state index is 0.770. The van der Waals surface area contributed by atoms with Crippen LogP contribution in [0.3, 0.4) is 0 Å². The molecule has 0 spiro atoms. The maximum atomic E-state index is 10.6. The van der Waals surface area contributed by atoms with Gasteiger partial charge in [0, 0.05) is 5.82 Å². The summed E-state index contributed by atoms with van der Waals surface area (Å²) in [6.07, 6.45) is 25.0. The van der Waals surface area contributed by atoms with E-state index in [4.69, 9.17) is 9.79 Å². The van der Waals surface area contributed by atoms with Crippen LogP contribution in [-0.2, 0) is 4.57 Å². The van der Waals surface area contributed by atoms with Crippen molar-refractivity contribution in [1.82, 2.24) is 0 Å². The van der Waals surface area contributed by atoms with Gasteiger partial charge in [-0.15, -0.1) is 0 Å². The Morgan fingerprint density at radius 2 is 1.00 bits per heavy atom. The quantitative estimate of drug-likeness (QED) is 0.165. The number of hydrogen-bond donors (Lipinski definition) is 2. The Labute approximate surface area is 149 Å². The van der Waals surface area contributed by atoms with Crippen molar-refractivity contribution < 1.29 is 14.4 Å². The number of rotatable bonds is 17. The van der Waals surface area contributed by atoms with E-state index in [1.807, 2.05) is 0 Å². The van der Waals surface area contributed by atoms with Crippen molar-refractivity contribution in [3.05, 3.63) is 24.0 Å². The van der Waals surface area contributed by atoms with Crippen LogP contribution in [0.5, 0.6) is 0 Å². The largest absolute Gasteiger partial charge is 0.348 e. The van der Waals surface area contributed by atoms with E-state index in [0.29, 0.717) is 0 Å². The average Bonchev–Trinajstić information content (AvgIpc) is 2.52. The third-order valence-corrected chi connectivity index (χ3v) is 4.78. The zero-order valence-electron chi connectivity index (χ0n) is 15.7. The average molecular weight is 359 g/mol. The zero-order chi connectivity index (χ0) is 17.9. The van der Waals surface area contributed by atoms with E-state index < -0.39 is 7.60 Å². The van der Waals surface area contributed by atoms with Crippen molar-refractivity contribution in [2.24, 2.45) is 0 Å². The SMILES string of the molecule is CCCCCCCCC=CCCCCCCCCC=CP(=O)(O)O. The molecule has 0 saturated heterocycles. The first-order valence-corrected chi connectivity index (χ1v) is 11.6. The summed E-state index contributed by atoms with van der Waals surface area (Å²) in [5.41, 5.74) is 0. The lowest BCUT2D eigenvalue weighted by atomic mass is 10.1. The summed E-state index contributed by atoms with van der Waals surface area (Å²) in [6.45, 7) is 2.26. The highest BCUT2D eigenvalue weighted by Crippen LogP contribution is 2.36. The van der Waals surface area contributed by atoms with Crippen molar-refractivity contribution in [3.63, 3.8) is 0 Å². The lowest BCUT2D eigenvalue weighted by Gasteiger charge is -2.00. The summed E-state index contributed by atoms with van der Waals surface area (Å²) < 4.78 is 10.6. The monoisotopic (exact) mass is 358 g/mol. The molecule has 4 heteroatoms. The fraction of sp³-hybridized carbons (Fsp3) is 0.800. The molecule has 0 atom stereocenters. The Balaban J connectivity index is 3.18. The lowest BCUT2D eigenvalue weighted by molar-refractivity contribution is 0.386. The predicted octanol–water partition coefficient (Wildman–Crippen LogP) is 7.11. The summed E-state index contributed by atoms with van der Waals surface area (Å²) in [4.78, 5) is 17.3. The maximum Gasteiger partial charge on any atom is 0.348 e. The Hall–Kier alpha value is -0.370. The van der Waals surface area contributed by atoms with Gasteiger partial charge in [-0.25, -0.2) is 0 Å². The molecule has 0 radical (unpaired) electrons. The van der Waals surface area contributed by atoms with Gasteiger partial charge >= 0.3 is 7.60 Å². The molecule has 0 aliphatic rings. The smallest absolute Gasteiger partial charge is 0.321 e. The van der Waals surface area contributed by atoms with Crippen LogP contribution in [-0.4, -0.2) is 9.79 Å². The first-order chi connectivity index (χ1) is 11.6. The van der Waals surface area contributed by atoms with E-state index in [1.54, 1.807) is 6.08 Å². The third-order valence-electron chi connectivity index (χ3n) is 4.18. The first kappa shape index (κ1) is 23.6. The van der Waals surface area contributed by atoms with Crippen molar-refractivity contribution in [3.8, 4) is 0 Å². The second-order valence-corrected chi connectivity index (χ2v) is 8.18. The molecule has 3 nitrogen and oxygen atoms in total. The lowest BCUT2D eigenvalue weighted by Crippen LogP contribution is -1.80. The van der Waals surface area contributed by atoms with Gasteiger partial charge in [-0.05, 0) is 38.5 Å². The van der Waals surface area contributed by atoms with Gasteiger partial charge in [0.1, 0.15) is 0 Å². The van der Waals surface area contributed by atoms with Crippen molar-refractivity contribution in [2.45, 2.75) is 103 Å². The van der Waals surface area contributed by atoms with Gasteiger partial charge < -0.3 is 9.79 Å². The molecular weight excluding hydrogens is 319 g/mol. The molecule has 0 aliphatic heterocycles. The maximum absolute atomic E-state index is 10.6. The highest BCUT2D eigenvalue weighted by Gasteiger charge is 2.04. The fourth-order valence-corrected chi connectivity index (χ4v) is 3.15. The Kier molecular flexibility index (Phi) is 17.2. The molecule has 2 N–H and O–H groups in total. The van der Waals surface area contributed by atoms with Gasteiger partial charge in [0.2, 0.25) is 0 Å². The van der Waals surface area contributed by atoms with Crippen LogP contribution in [0.25, 0.3) is 0 Å².